The molecule has 1 fully saturated rings. The normalized spacial score (nSPS) is 15.2. The summed E-state index contributed by atoms with van der Waals surface area (Å²) < 4.78 is 34.7. The van der Waals surface area contributed by atoms with Crippen LogP contribution in [-0.2, 0) is 10.0 Å². The Morgan fingerprint density at radius 1 is 1.11 bits per heavy atom. The van der Waals surface area contributed by atoms with E-state index in [0.29, 0.717) is 5.69 Å². The molecule has 3 rings (SSSR count). The molecule has 2 N–H and O–H groups in total. The van der Waals surface area contributed by atoms with Crippen molar-refractivity contribution in [2.45, 2.75) is 43.0 Å². The van der Waals surface area contributed by atoms with E-state index in [1.165, 1.54) is 19.2 Å². The van der Waals surface area contributed by atoms with E-state index >= 15 is 0 Å². The molecule has 0 unspecified atom stereocenters. The van der Waals surface area contributed by atoms with Gasteiger partial charge in [0.1, 0.15) is 10.6 Å². The zero-order chi connectivity index (χ0) is 20.1. The van der Waals surface area contributed by atoms with Gasteiger partial charge in [0.15, 0.2) is 0 Å². The summed E-state index contributed by atoms with van der Waals surface area (Å²) in [7, 11) is -2.39. The van der Waals surface area contributed by atoms with Crippen molar-refractivity contribution in [3.05, 3.63) is 52.5 Å². The van der Waals surface area contributed by atoms with Crippen LogP contribution in [0, 0.1) is 0 Å². The molecule has 28 heavy (non-hydrogen) atoms. The molecule has 1 amide bonds. The Labute approximate surface area is 173 Å². The van der Waals surface area contributed by atoms with E-state index in [9.17, 15) is 13.2 Å². The van der Waals surface area contributed by atoms with Crippen molar-refractivity contribution >= 4 is 37.5 Å². The first-order valence-corrected chi connectivity index (χ1v) is 11.4. The van der Waals surface area contributed by atoms with Gasteiger partial charge in [0, 0.05) is 21.8 Å². The molecular formula is C20H23BrN2O4S. The number of amides is 1. The molecule has 0 saturated heterocycles. The number of hydrogen-bond donors (Lipinski definition) is 2. The molecule has 0 radical (unpaired) electrons. The predicted octanol–water partition coefficient (Wildman–Crippen LogP) is 4.32. The van der Waals surface area contributed by atoms with Crippen molar-refractivity contribution in [2.75, 3.05) is 12.4 Å². The Hall–Kier alpha value is -1.90. The summed E-state index contributed by atoms with van der Waals surface area (Å²) >= 11 is 3.36. The summed E-state index contributed by atoms with van der Waals surface area (Å²) in [5.74, 6) is -0.183. The van der Waals surface area contributed by atoms with E-state index in [1.807, 2.05) is 6.07 Å². The van der Waals surface area contributed by atoms with Crippen LogP contribution in [0.5, 0.6) is 5.75 Å². The summed E-state index contributed by atoms with van der Waals surface area (Å²) in [4.78, 5) is 12.6. The minimum Gasteiger partial charge on any atom is -0.495 e. The highest BCUT2D eigenvalue weighted by Gasteiger charge is 2.26. The van der Waals surface area contributed by atoms with Gasteiger partial charge in [-0.3, -0.25) is 4.79 Å². The molecule has 8 heteroatoms. The number of carbonyl (C=O) groups is 1. The highest BCUT2D eigenvalue weighted by molar-refractivity contribution is 9.10. The van der Waals surface area contributed by atoms with Gasteiger partial charge in [0.25, 0.3) is 5.91 Å². The number of methoxy groups -OCH3 is 1. The fourth-order valence-electron chi connectivity index (χ4n) is 3.30. The Morgan fingerprint density at radius 3 is 2.54 bits per heavy atom. The number of sulfonamides is 1. The second kappa shape index (κ2) is 9.07. The van der Waals surface area contributed by atoms with Gasteiger partial charge in [-0.25, -0.2) is 13.1 Å². The van der Waals surface area contributed by atoms with Crippen molar-refractivity contribution in [1.82, 2.24) is 4.72 Å². The fourth-order valence-corrected chi connectivity index (χ4v) is 5.20. The van der Waals surface area contributed by atoms with Crippen molar-refractivity contribution in [3.8, 4) is 5.75 Å². The number of carbonyl (C=O) groups excluding carboxylic acids is 1. The smallest absolute Gasteiger partial charge is 0.255 e. The minimum atomic E-state index is -3.80. The Kier molecular flexibility index (Phi) is 6.74. The van der Waals surface area contributed by atoms with Crippen LogP contribution in [0.25, 0.3) is 0 Å². The summed E-state index contributed by atoms with van der Waals surface area (Å²) in [6.07, 6.45) is 4.81. The quantitative estimate of drug-likeness (QED) is 0.663. The molecular weight excluding hydrogens is 444 g/mol. The van der Waals surface area contributed by atoms with Crippen LogP contribution >= 0.6 is 15.9 Å². The number of benzene rings is 2. The Balaban J connectivity index is 1.85. The van der Waals surface area contributed by atoms with Gasteiger partial charge >= 0.3 is 0 Å². The highest BCUT2D eigenvalue weighted by Crippen LogP contribution is 2.27. The van der Waals surface area contributed by atoms with E-state index in [2.05, 4.69) is 26.0 Å². The molecule has 150 valence electrons. The maximum Gasteiger partial charge on any atom is 0.255 e. The van der Waals surface area contributed by atoms with Crippen LogP contribution in [0.4, 0.5) is 5.69 Å². The van der Waals surface area contributed by atoms with E-state index in [4.69, 9.17) is 4.74 Å². The third-order valence-corrected chi connectivity index (χ3v) is 6.76. The second-order valence-corrected chi connectivity index (χ2v) is 9.38. The Morgan fingerprint density at radius 2 is 1.86 bits per heavy atom. The van der Waals surface area contributed by atoms with Crippen LogP contribution in [0.2, 0.25) is 0 Å². The molecule has 0 aromatic heterocycles. The van der Waals surface area contributed by atoms with Crippen LogP contribution in [0.1, 0.15) is 42.5 Å². The molecule has 1 aliphatic carbocycles. The average molecular weight is 467 g/mol. The first-order valence-electron chi connectivity index (χ1n) is 9.16. The zero-order valence-corrected chi connectivity index (χ0v) is 18.0. The van der Waals surface area contributed by atoms with Gasteiger partial charge in [-0.15, -0.1) is 0 Å². The molecule has 2 aromatic carbocycles. The number of halogens is 1. The predicted molar refractivity (Wildman–Crippen MR) is 112 cm³/mol. The summed E-state index contributed by atoms with van der Waals surface area (Å²) in [6.45, 7) is 0. The number of hydrogen-bond acceptors (Lipinski definition) is 4. The SMILES string of the molecule is COc1ccc(C(=O)Nc2cccc(Br)c2)cc1S(=O)(=O)NC1CCCCC1. The molecule has 0 spiro atoms. The van der Waals surface area contributed by atoms with E-state index in [-0.39, 0.29) is 22.3 Å². The maximum absolute atomic E-state index is 12.9. The highest BCUT2D eigenvalue weighted by atomic mass is 79.9. The van der Waals surface area contributed by atoms with Gasteiger partial charge < -0.3 is 10.1 Å². The molecule has 1 saturated carbocycles. The largest absolute Gasteiger partial charge is 0.495 e. The lowest BCUT2D eigenvalue weighted by Crippen LogP contribution is -2.36. The van der Waals surface area contributed by atoms with Crippen LogP contribution in [0.15, 0.2) is 51.8 Å². The fraction of sp³-hybridized carbons (Fsp3) is 0.350. The zero-order valence-electron chi connectivity index (χ0n) is 15.6. The van der Waals surface area contributed by atoms with Crippen molar-refractivity contribution in [3.63, 3.8) is 0 Å². The molecule has 0 heterocycles. The number of anilines is 1. The van der Waals surface area contributed by atoms with Gasteiger partial charge in [0.05, 0.1) is 7.11 Å². The van der Waals surface area contributed by atoms with Gasteiger partial charge in [0.2, 0.25) is 10.0 Å². The summed E-state index contributed by atoms with van der Waals surface area (Å²) in [5.41, 5.74) is 0.852. The van der Waals surface area contributed by atoms with Crippen LogP contribution in [0.3, 0.4) is 0 Å². The van der Waals surface area contributed by atoms with Gasteiger partial charge in [-0.05, 0) is 49.2 Å². The van der Waals surface area contributed by atoms with Crippen molar-refractivity contribution < 1.29 is 17.9 Å². The number of rotatable bonds is 6. The van der Waals surface area contributed by atoms with Crippen LogP contribution < -0.4 is 14.8 Å². The molecule has 6 nitrogen and oxygen atoms in total. The van der Waals surface area contributed by atoms with Gasteiger partial charge in [-0.2, -0.15) is 0 Å². The summed E-state index contributed by atoms with van der Waals surface area (Å²) in [5, 5.41) is 2.77. The third-order valence-electron chi connectivity index (χ3n) is 4.72. The van der Waals surface area contributed by atoms with Gasteiger partial charge in [-0.1, -0.05) is 41.3 Å². The molecule has 2 aromatic rings. The number of nitrogens with one attached hydrogen (secondary N) is 2. The third kappa shape index (κ3) is 5.12. The maximum atomic E-state index is 12.9. The first-order chi connectivity index (χ1) is 13.4. The summed E-state index contributed by atoms with van der Waals surface area (Å²) in [6, 6.07) is 11.5. The standard InChI is InChI=1S/C20H23BrN2O4S/c1-27-18-11-10-14(20(24)22-17-9-5-6-15(21)13-17)12-19(18)28(25,26)23-16-7-3-2-4-8-16/h5-6,9-13,16,23H,2-4,7-8H2,1H3,(H,22,24). The topological polar surface area (TPSA) is 84.5 Å². The average Bonchev–Trinajstić information content (AvgIpc) is 2.68. The molecule has 0 bridgehead atoms. The van der Waals surface area contributed by atoms with E-state index < -0.39 is 15.9 Å². The minimum absolute atomic E-state index is 0.0255. The first kappa shape index (κ1) is 20.8. The number of ether oxygens (including phenoxy) is 1. The lowest BCUT2D eigenvalue weighted by Gasteiger charge is -2.23. The molecule has 1 aliphatic rings. The van der Waals surface area contributed by atoms with E-state index in [1.54, 1.807) is 24.3 Å². The Bertz CT molecular complexity index is 956. The van der Waals surface area contributed by atoms with Crippen molar-refractivity contribution in [2.24, 2.45) is 0 Å². The van der Waals surface area contributed by atoms with Crippen LogP contribution in [-0.4, -0.2) is 27.5 Å². The molecule has 0 atom stereocenters. The lowest BCUT2D eigenvalue weighted by atomic mass is 9.96. The van der Waals surface area contributed by atoms with E-state index in [0.717, 1.165) is 36.6 Å². The molecule has 0 aliphatic heterocycles. The van der Waals surface area contributed by atoms with Crippen molar-refractivity contribution in [1.29, 1.82) is 0 Å². The monoisotopic (exact) mass is 466 g/mol. The second-order valence-electron chi connectivity index (χ2n) is 6.79. The lowest BCUT2D eigenvalue weighted by molar-refractivity contribution is 0.102.